The Hall–Kier alpha value is -1.92. The average Bonchev–Trinajstić information content (AvgIpc) is 2.65. The van der Waals surface area contributed by atoms with Gasteiger partial charge in [0, 0.05) is 6.07 Å². The fourth-order valence-electron chi connectivity index (χ4n) is 1.98. The molecular formula is C13H14ClN3O3. The third-order valence-corrected chi connectivity index (χ3v) is 3.66. The van der Waals surface area contributed by atoms with E-state index >= 15 is 0 Å². The Morgan fingerprint density at radius 1 is 1.45 bits per heavy atom. The van der Waals surface area contributed by atoms with Crippen LogP contribution in [0.3, 0.4) is 0 Å². The molecular weight excluding hydrogens is 282 g/mol. The van der Waals surface area contributed by atoms with Gasteiger partial charge in [-0.1, -0.05) is 17.7 Å². The molecule has 1 aromatic carbocycles. The van der Waals surface area contributed by atoms with Crippen molar-refractivity contribution in [3.05, 3.63) is 50.3 Å². The number of hydrogen-bond donors (Lipinski definition) is 1. The van der Waals surface area contributed by atoms with Crippen molar-refractivity contribution in [2.45, 2.75) is 26.9 Å². The van der Waals surface area contributed by atoms with E-state index in [4.69, 9.17) is 11.6 Å². The number of aryl methyl sites for hydroxylation is 1. The van der Waals surface area contributed by atoms with Gasteiger partial charge in [0.2, 0.25) is 0 Å². The third-order valence-electron chi connectivity index (χ3n) is 3.11. The quantitative estimate of drug-likeness (QED) is 0.697. The number of aromatic nitrogens is 2. The Morgan fingerprint density at radius 3 is 2.55 bits per heavy atom. The van der Waals surface area contributed by atoms with Crippen LogP contribution in [0.25, 0.3) is 5.69 Å². The second-order valence-electron chi connectivity index (χ2n) is 4.58. The highest BCUT2D eigenvalue weighted by molar-refractivity contribution is 6.31. The van der Waals surface area contributed by atoms with Crippen LogP contribution in [-0.2, 0) is 0 Å². The van der Waals surface area contributed by atoms with Crippen molar-refractivity contribution in [2.24, 2.45) is 0 Å². The van der Waals surface area contributed by atoms with E-state index in [1.54, 1.807) is 32.9 Å². The van der Waals surface area contributed by atoms with E-state index in [1.807, 2.05) is 0 Å². The Morgan fingerprint density at radius 2 is 2.10 bits per heavy atom. The molecule has 1 N–H and O–H groups in total. The van der Waals surface area contributed by atoms with Gasteiger partial charge < -0.3 is 5.11 Å². The number of rotatable bonds is 3. The van der Waals surface area contributed by atoms with Crippen molar-refractivity contribution in [1.29, 1.82) is 0 Å². The maximum atomic E-state index is 11.2. The van der Waals surface area contributed by atoms with E-state index < -0.39 is 11.0 Å². The maximum Gasteiger partial charge on any atom is 0.295 e. The van der Waals surface area contributed by atoms with Gasteiger partial charge >= 0.3 is 0 Å². The van der Waals surface area contributed by atoms with Crippen LogP contribution in [0.1, 0.15) is 30.0 Å². The number of nitro groups is 1. The number of hydrogen-bond acceptors (Lipinski definition) is 4. The lowest BCUT2D eigenvalue weighted by molar-refractivity contribution is -0.384. The topological polar surface area (TPSA) is 81.2 Å². The summed E-state index contributed by atoms with van der Waals surface area (Å²) in [6, 6.07) is 4.55. The lowest BCUT2D eigenvalue weighted by Crippen LogP contribution is -2.05. The molecule has 0 bridgehead atoms. The summed E-state index contributed by atoms with van der Waals surface area (Å²) in [5, 5.41) is 25.5. The Bertz CT molecular complexity index is 680. The molecule has 2 rings (SSSR count). The standard InChI is InChI=1S/C13H14ClN3O3/c1-7-13(14)8(2)16(15-7)11-5-4-10(9(3)18)6-12(11)17(19)20/h4-6,9,18H,1-3H3/t9-/m1/s1. The van der Waals surface area contributed by atoms with Crippen LogP contribution in [-0.4, -0.2) is 19.8 Å². The van der Waals surface area contributed by atoms with Crippen molar-refractivity contribution in [2.75, 3.05) is 0 Å². The number of benzene rings is 1. The minimum atomic E-state index is -0.771. The van der Waals surface area contributed by atoms with Gasteiger partial charge in [0.25, 0.3) is 5.69 Å². The van der Waals surface area contributed by atoms with Crippen LogP contribution in [0.5, 0.6) is 0 Å². The van der Waals surface area contributed by atoms with Crippen LogP contribution in [0, 0.1) is 24.0 Å². The monoisotopic (exact) mass is 295 g/mol. The molecule has 0 saturated heterocycles. The second-order valence-corrected chi connectivity index (χ2v) is 4.96. The molecule has 0 saturated carbocycles. The van der Waals surface area contributed by atoms with E-state index in [0.29, 0.717) is 27.7 Å². The van der Waals surface area contributed by atoms with Gasteiger partial charge in [0.15, 0.2) is 0 Å². The van der Waals surface area contributed by atoms with Crippen molar-refractivity contribution < 1.29 is 10.0 Å². The molecule has 1 aromatic heterocycles. The fraction of sp³-hybridized carbons (Fsp3) is 0.308. The Kier molecular flexibility index (Phi) is 3.78. The summed E-state index contributed by atoms with van der Waals surface area (Å²) in [4.78, 5) is 10.7. The molecule has 0 amide bonds. The molecule has 0 aliphatic rings. The van der Waals surface area contributed by atoms with Crippen LogP contribution in [0.15, 0.2) is 18.2 Å². The zero-order chi connectivity index (χ0) is 15.0. The molecule has 20 heavy (non-hydrogen) atoms. The summed E-state index contributed by atoms with van der Waals surface area (Å²) in [6.45, 7) is 5.04. The van der Waals surface area contributed by atoms with Gasteiger partial charge in [-0.3, -0.25) is 10.1 Å². The molecule has 1 atom stereocenters. The highest BCUT2D eigenvalue weighted by Gasteiger charge is 2.21. The molecule has 0 unspecified atom stereocenters. The minimum Gasteiger partial charge on any atom is -0.389 e. The van der Waals surface area contributed by atoms with Crippen LogP contribution in [0.2, 0.25) is 5.02 Å². The smallest absolute Gasteiger partial charge is 0.295 e. The second kappa shape index (κ2) is 5.22. The highest BCUT2D eigenvalue weighted by atomic mass is 35.5. The first-order valence-electron chi connectivity index (χ1n) is 6.01. The van der Waals surface area contributed by atoms with Crippen LogP contribution in [0.4, 0.5) is 5.69 Å². The number of aliphatic hydroxyl groups excluding tert-OH is 1. The lowest BCUT2D eigenvalue weighted by Gasteiger charge is -2.09. The first kappa shape index (κ1) is 14.5. The van der Waals surface area contributed by atoms with E-state index in [1.165, 1.54) is 10.7 Å². The first-order valence-corrected chi connectivity index (χ1v) is 6.39. The van der Waals surface area contributed by atoms with Crippen molar-refractivity contribution in [3.8, 4) is 5.69 Å². The first-order chi connectivity index (χ1) is 9.32. The number of halogens is 1. The minimum absolute atomic E-state index is 0.120. The largest absolute Gasteiger partial charge is 0.389 e. The summed E-state index contributed by atoms with van der Waals surface area (Å²) in [5.74, 6) is 0. The molecule has 0 fully saturated rings. The molecule has 0 aliphatic carbocycles. The van der Waals surface area contributed by atoms with Gasteiger partial charge in [-0.05, 0) is 32.4 Å². The maximum absolute atomic E-state index is 11.2. The van der Waals surface area contributed by atoms with Gasteiger partial charge in [-0.25, -0.2) is 4.68 Å². The predicted octanol–water partition coefficient (Wildman–Crippen LogP) is 3.10. The molecule has 1 heterocycles. The Labute approximate surface area is 120 Å². The van der Waals surface area contributed by atoms with Crippen molar-refractivity contribution >= 4 is 17.3 Å². The van der Waals surface area contributed by atoms with Crippen molar-refractivity contribution in [1.82, 2.24) is 9.78 Å². The number of aliphatic hydroxyl groups is 1. The summed E-state index contributed by atoms with van der Waals surface area (Å²) in [5.41, 5.74) is 1.93. The van der Waals surface area contributed by atoms with Crippen LogP contribution < -0.4 is 0 Å². The molecule has 106 valence electrons. The summed E-state index contributed by atoms with van der Waals surface area (Å²) < 4.78 is 1.45. The molecule has 0 spiro atoms. The number of nitrogens with zero attached hydrogens (tertiary/aromatic N) is 3. The zero-order valence-electron chi connectivity index (χ0n) is 11.3. The van der Waals surface area contributed by atoms with E-state index in [9.17, 15) is 15.2 Å². The van der Waals surface area contributed by atoms with Crippen LogP contribution >= 0.6 is 11.6 Å². The molecule has 0 aliphatic heterocycles. The van der Waals surface area contributed by atoms with Gasteiger partial charge in [0.1, 0.15) is 5.69 Å². The molecule has 2 aromatic rings. The van der Waals surface area contributed by atoms with Gasteiger partial charge in [-0.2, -0.15) is 5.10 Å². The van der Waals surface area contributed by atoms with E-state index in [-0.39, 0.29) is 5.69 Å². The molecule has 6 nitrogen and oxygen atoms in total. The summed E-state index contributed by atoms with van der Waals surface area (Å²) >= 11 is 6.07. The summed E-state index contributed by atoms with van der Waals surface area (Å²) in [7, 11) is 0. The van der Waals surface area contributed by atoms with E-state index in [2.05, 4.69) is 5.10 Å². The number of nitro benzene ring substituents is 1. The molecule has 7 heteroatoms. The summed E-state index contributed by atoms with van der Waals surface area (Å²) in [6.07, 6.45) is -0.771. The fourth-order valence-corrected chi connectivity index (χ4v) is 2.10. The molecule has 0 radical (unpaired) electrons. The van der Waals surface area contributed by atoms with Crippen molar-refractivity contribution in [3.63, 3.8) is 0 Å². The normalized spacial score (nSPS) is 12.4. The third kappa shape index (κ3) is 2.39. The SMILES string of the molecule is Cc1nn(-c2ccc([C@@H](C)O)cc2[N+](=O)[O-])c(C)c1Cl. The highest BCUT2D eigenvalue weighted by Crippen LogP contribution is 2.30. The lowest BCUT2D eigenvalue weighted by atomic mass is 10.1. The van der Waals surface area contributed by atoms with E-state index in [0.717, 1.165) is 0 Å². The zero-order valence-corrected chi connectivity index (χ0v) is 12.0. The van der Waals surface area contributed by atoms with Gasteiger partial charge in [-0.15, -0.1) is 0 Å². The average molecular weight is 296 g/mol. The predicted molar refractivity (Wildman–Crippen MR) is 75.3 cm³/mol. The van der Waals surface area contributed by atoms with Gasteiger partial charge in [0.05, 0.1) is 27.4 Å². The Balaban J connectivity index is 2.67.